The fourth-order valence-corrected chi connectivity index (χ4v) is 3.22. The van der Waals surface area contributed by atoms with E-state index in [-0.39, 0.29) is 6.61 Å². The van der Waals surface area contributed by atoms with Gasteiger partial charge in [0.05, 0.1) is 7.11 Å². The Hall–Kier alpha value is -1.34. The van der Waals surface area contributed by atoms with E-state index in [1.807, 2.05) is 12.1 Å². The molecule has 2 rings (SSSR count). The maximum absolute atomic E-state index is 10.4. The number of hydrogen-bond acceptors (Lipinski definition) is 6. The molecule has 1 aromatic carbocycles. The summed E-state index contributed by atoms with van der Waals surface area (Å²) < 4.78 is 11.3. The fourth-order valence-electron chi connectivity index (χ4n) is 3.22. The molecule has 1 atom stereocenters. The average Bonchev–Trinajstić information content (AvgIpc) is 2.67. The van der Waals surface area contributed by atoms with Crippen LogP contribution in [0, 0.1) is 0 Å². The van der Waals surface area contributed by atoms with Gasteiger partial charge in [0.1, 0.15) is 12.7 Å². The molecule has 0 bridgehead atoms. The van der Waals surface area contributed by atoms with Gasteiger partial charge in [0.15, 0.2) is 11.5 Å². The van der Waals surface area contributed by atoms with Gasteiger partial charge in [0, 0.05) is 45.3 Å². The van der Waals surface area contributed by atoms with Gasteiger partial charge in [-0.1, -0.05) is 13.0 Å². The summed E-state index contributed by atoms with van der Waals surface area (Å²) in [5, 5.41) is 10.4. The summed E-state index contributed by atoms with van der Waals surface area (Å²) in [6.45, 7) is 13.6. The lowest BCUT2D eigenvalue weighted by atomic mass is 10.1. The number of benzene rings is 1. The molecular weight excluding hydrogens is 342 g/mol. The predicted molar refractivity (Wildman–Crippen MR) is 110 cm³/mol. The van der Waals surface area contributed by atoms with Gasteiger partial charge in [-0.25, -0.2) is 0 Å². The van der Waals surface area contributed by atoms with Crippen molar-refractivity contribution < 1.29 is 14.6 Å². The van der Waals surface area contributed by atoms with Crippen LogP contribution in [0.25, 0.3) is 0 Å². The van der Waals surface area contributed by atoms with E-state index in [0.717, 1.165) is 39.3 Å². The van der Waals surface area contributed by atoms with Crippen molar-refractivity contribution in [2.45, 2.75) is 39.5 Å². The minimum absolute atomic E-state index is 0.273. The third-order valence-corrected chi connectivity index (χ3v) is 5.35. The van der Waals surface area contributed by atoms with Crippen molar-refractivity contribution in [2.75, 3.05) is 60.0 Å². The number of hydrogen-bond donors (Lipinski definition) is 1. The minimum Gasteiger partial charge on any atom is -0.493 e. The van der Waals surface area contributed by atoms with Crippen LogP contribution in [-0.2, 0) is 6.54 Å². The Morgan fingerprint density at radius 2 is 1.78 bits per heavy atom. The number of piperazine rings is 1. The summed E-state index contributed by atoms with van der Waals surface area (Å²) in [5.41, 5.74) is 1.18. The zero-order valence-electron chi connectivity index (χ0n) is 17.6. The maximum Gasteiger partial charge on any atom is 0.161 e. The third-order valence-electron chi connectivity index (χ3n) is 5.35. The quantitative estimate of drug-likeness (QED) is 0.670. The van der Waals surface area contributed by atoms with E-state index in [1.165, 1.54) is 5.56 Å². The summed E-state index contributed by atoms with van der Waals surface area (Å²) >= 11 is 0. The monoisotopic (exact) mass is 379 g/mol. The molecule has 0 radical (unpaired) electrons. The van der Waals surface area contributed by atoms with Gasteiger partial charge in [-0.15, -0.1) is 0 Å². The van der Waals surface area contributed by atoms with E-state index >= 15 is 0 Å². The summed E-state index contributed by atoms with van der Waals surface area (Å²) in [7, 11) is 3.76. The van der Waals surface area contributed by atoms with E-state index in [9.17, 15) is 5.11 Å². The Labute approximate surface area is 164 Å². The number of likely N-dealkylation sites (N-methyl/N-ethyl adjacent to an activating group) is 1. The number of aliphatic hydroxyl groups excluding tert-OH is 1. The second-order valence-electron chi connectivity index (χ2n) is 7.69. The highest BCUT2D eigenvalue weighted by molar-refractivity contribution is 5.43. The van der Waals surface area contributed by atoms with Crippen molar-refractivity contribution in [2.24, 2.45) is 0 Å². The maximum atomic E-state index is 10.4. The molecule has 1 fully saturated rings. The van der Waals surface area contributed by atoms with Gasteiger partial charge in [-0.2, -0.15) is 0 Å². The van der Waals surface area contributed by atoms with Gasteiger partial charge >= 0.3 is 0 Å². The lowest BCUT2D eigenvalue weighted by molar-refractivity contribution is 0.0464. The predicted octanol–water partition coefficient (Wildman–Crippen LogP) is 1.91. The first kappa shape index (κ1) is 22.0. The Morgan fingerprint density at radius 1 is 1.11 bits per heavy atom. The first-order valence-corrected chi connectivity index (χ1v) is 10.1. The summed E-state index contributed by atoms with van der Waals surface area (Å²) in [4.78, 5) is 7.02. The molecule has 27 heavy (non-hydrogen) atoms. The van der Waals surface area contributed by atoms with Crippen molar-refractivity contribution in [1.82, 2.24) is 14.7 Å². The molecule has 0 amide bonds. The van der Waals surface area contributed by atoms with Crippen molar-refractivity contribution in [3.05, 3.63) is 23.8 Å². The smallest absolute Gasteiger partial charge is 0.161 e. The van der Waals surface area contributed by atoms with Crippen molar-refractivity contribution in [1.29, 1.82) is 0 Å². The molecule has 0 saturated carbocycles. The molecule has 6 nitrogen and oxygen atoms in total. The first-order valence-electron chi connectivity index (χ1n) is 10.1. The van der Waals surface area contributed by atoms with Gasteiger partial charge in [0.2, 0.25) is 0 Å². The molecule has 0 aliphatic carbocycles. The van der Waals surface area contributed by atoms with Gasteiger partial charge in [0.25, 0.3) is 0 Å². The molecule has 1 aliphatic heterocycles. The van der Waals surface area contributed by atoms with Crippen LogP contribution in [0.4, 0.5) is 0 Å². The highest BCUT2D eigenvalue weighted by atomic mass is 16.5. The Morgan fingerprint density at radius 3 is 2.37 bits per heavy atom. The van der Waals surface area contributed by atoms with Gasteiger partial charge < -0.3 is 19.5 Å². The van der Waals surface area contributed by atoms with Crippen molar-refractivity contribution in [3.63, 3.8) is 0 Å². The lowest BCUT2D eigenvalue weighted by Crippen LogP contribution is -2.49. The molecule has 0 aromatic heterocycles. The summed E-state index contributed by atoms with van der Waals surface area (Å²) in [6.07, 6.45) is -0.505. The number of methoxy groups -OCH3 is 1. The van der Waals surface area contributed by atoms with E-state index in [4.69, 9.17) is 9.47 Å². The standard InChI is InChI=1S/C21H37N3O3/c1-6-23-9-11-24(12-10-23)15-19(25)16-27-20-8-7-18(13-21(20)26-5)14-22(4)17(2)3/h7-8,13,17,19,25H,6,9-12,14-16H2,1-5H3. The molecule has 1 heterocycles. The van der Waals surface area contributed by atoms with Crippen molar-refractivity contribution in [3.8, 4) is 11.5 Å². The van der Waals surface area contributed by atoms with Crippen LogP contribution in [0.3, 0.4) is 0 Å². The highest BCUT2D eigenvalue weighted by Gasteiger charge is 2.19. The van der Waals surface area contributed by atoms with Crippen LogP contribution in [-0.4, -0.2) is 92.0 Å². The number of rotatable bonds is 10. The van der Waals surface area contributed by atoms with Crippen LogP contribution >= 0.6 is 0 Å². The number of β-amino-alcohol motifs (C(OH)–C–C–N with tert-alkyl or cyclic N) is 1. The molecule has 0 spiro atoms. The SMILES string of the molecule is CCN1CCN(CC(O)COc2ccc(CN(C)C(C)C)cc2OC)CC1. The van der Waals surface area contributed by atoms with E-state index in [0.29, 0.717) is 24.1 Å². The molecule has 1 unspecified atom stereocenters. The molecule has 6 heteroatoms. The number of nitrogens with zero attached hydrogens (tertiary/aromatic N) is 3. The van der Waals surface area contributed by atoms with Crippen molar-refractivity contribution >= 4 is 0 Å². The molecule has 1 N–H and O–H groups in total. The number of aliphatic hydroxyl groups is 1. The Bertz CT molecular complexity index is 560. The fraction of sp³-hybridized carbons (Fsp3) is 0.714. The van der Waals surface area contributed by atoms with E-state index < -0.39 is 6.10 Å². The van der Waals surface area contributed by atoms with Crippen LogP contribution in [0.15, 0.2) is 18.2 Å². The topological polar surface area (TPSA) is 48.4 Å². The van der Waals surface area contributed by atoms with Crippen LogP contribution in [0.1, 0.15) is 26.3 Å². The molecule has 1 aromatic rings. The van der Waals surface area contributed by atoms with Gasteiger partial charge in [-0.05, 0) is 45.1 Å². The zero-order chi connectivity index (χ0) is 19.8. The second kappa shape index (κ2) is 10.9. The molecular formula is C21H37N3O3. The molecule has 154 valence electrons. The zero-order valence-corrected chi connectivity index (χ0v) is 17.6. The largest absolute Gasteiger partial charge is 0.493 e. The van der Waals surface area contributed by atoms with Crippen LogP contribution < -0.4 is 9.47 Å². The summed E-state index contributed by atoms with van der Waals surface area (Å²) in [6, 6.07) is 6.51. The highest BCUT2D eigenvalue weighted by Crippen LogP contribution is 2.28. The second-order valence-corrected chi connectivity index (χ2v) is 7.69. The normalized spacial score (nSPS) is 17.5. The Kier molecular flexibility index (Phi) is 8.83. The lowest BCUT2D eigenvalue weighted by Gasteiger charge is -2.34. The summed E-state index contributed by atoms with van der Waals surface area (Å²) in [5.74, 6) is 1.40. The van der Waals surface area contributed by atoms with Gasteiger partial charge in [-0.3, -0.25) is 9.80 Å². The average molecular weight is 380 g/mol. The molecule has 1 aliphatic rings. The minimum atomic E-state index is -0.505. The van der Waals surface area contributed by atoms with Crippen LogP contribution in [0.5, 0.6) is 11.5 Å². The van der Waals surface area contributed by atoms with Crippen LogP contribution in [0.2, 0.25) is 0 Å². The molecule has 1 saturated heterocycles. The first-order chi connectivity index (χ1) is 12.9. The number of ether oxygens (including phenoxy) is 2. The van der Waals surface area contributed by atoms with E-state index in [1.54, 1.807) is 7.11 Å². The Balaban J connectivity index is 1.83. The third kappa shape index (κ3) is 6.96. The van der Waals surface area contributed by atoms with E-state index in [2.05, 4.69) is 48.6 Å².